The summed E-state index contributed by atoms with van der Waals surface area (Å²) in [5.74, 6) is 3.08. The number of para-hydroxylation sites is 5. The summed E-state index contributed by atoms with van der Waals surface area (Å²) in [6.45, 7) is 0. The van der Waals surface area contributed by atoms with E-state index in [1.54, 1.807) is 155 Å². The molecule has 5 aromatic heterocycles. The standard InChI is InChI=1S/C16H12ClN3O5S.C16H14ClN3O3S.C16H15N3O3S.C16H12N2O3S.C10H9ClN2O.C6H6ClNO4S/c1-25-13-8-9-18-15-10(13)6-7-11(17)16(15)19-26(23,24)14-5-3-2-4-12(14)20(21)22;1-23-13-8-9-19-15-10(13)6-7-11(17)16(15)20-24(21,22)14-5-3-2-4-12(14)18;1-22-14-9-10-18-16-11(14)5-4-7-13(16)19-23(20,21)15-8-3-2-6-12(15)17;1-21-13-8-9-17-15-12(13)7-6-11-10-4-2-3-5-14(10)22(19,20)18-16(11)15;1-14-8-4-5-13-10-6(8)2-3-7(11)9(10)12;7-13(11,12)6-4-2-1-3-5(6)8(9)10/h2-9,19H,1H3;2-9,20H,18H2,1H3;2-10,19H,17H2,1H3;2-9,18H,1H3;2-5H,12H2,1H3;1-4,11-12H. The Morgan fingerprint density at radius 1 is 0.393 bits per heavy atom. The molecule has 0 atom stereocenters. The quantitative estimate of drug-likeness (QED) is 0.0232. The molecule has 15 aromatic rings. The number of benzene rings is 10. The average molecular weight is 1830 g/mol. The van der Waals surface area contributed by atoms with Gasteiger partial charge in [-0.1, -0.05) is 123 Å². The number of ether oxygens (including phenoxy) is 5. The van der Waals surface area contributed by atoms with Crippen LogP contribution in [0.25, 0.3) is 65.6 Å². The van der Waals surface area contributed by atoms with Gasteiger partial charge in [-0.3, -0.25) is 73.1 Å². The number of rotatable bonds is 17. The van der Waals surface area contributed by atoms with Gasteiger partial charge in [0.25, 0.3) is 51.5 Å². The number of nitro groups is 2. The van der Waals surface area contributed by atoms with E-state index in [9.17, 15) is 53.9 Å². The predicted molar refractivity (Wildman–Crippen MR) is 474 cm³/mol. The molecular formula is C80H68Cl4N14O19S5. The van der Waals surface area contributed by atoms with Gasteiger partial charge in [-0.25, -0.2) is 33.7 Å². The van der Waals surface area contributed by atoms with Crippen molar-refractivity contribution in [2.45, 2.75) is 24.5 Å². The summed E-state index contributed by atoms with van der Waals surface area (Å²) in [6, 6.07) is 57.3. The lowest BCUT2D eigenvalue weighted by Gasteiger charge is -2.22. The normalized spacial score (nSPS) is 12.0. The van der Waals surface area contributed by atoms with Gasteiger partial charge in [0.05, 0.1) is 133 Å². The maximum absolute atomic E-state index is 12.7. The highest BCUT2D eigenvalue weighted by atomic mass is 35.7. The third-order valence-corrected chi connectivity index (χ3v) is 25.8. The number of sulfonamides is 4. The minimum Gasteiger partial charge on any atom is -0.496 e. The van der Waals surface area contributed by atoms with Crippen LogP contribution >= 0.6 is 55.3 Å². The largest absolute Gasteiger partial charge is 0.496 e. The zero-order valence-electron chi connectivity index (χ0n) is 63.9. The number of hydrogen-bond acceptors (Lipinski definition) is 27. The maximum Gasteiger partial charge on any atom is 0.293 e. The van der Waals surface area contributed by atoms with Crippen LogP contribution in [0.3, 0.4) is 0 Å². The molecule has 0 fully saturated rings. The summed E-state index contributed by atoms with van der Waals surface area (Å²) in [6.07, 6.45) is 7.78. The van der Waals surface area contributed by atoms with Crippen molar-refractivity contribution >= 4 is 201 Å². The fraction of sp³-hybridized carbons (Fsp3) is 0.0625. The molecule has 0 spiro atoms. The number of methoxy groups -OCH3 is 5. The fourth-order valence-corrected chi connectivity index (χ4v) is 18.9. The summed E-state index contributed by atoms with van der Waals surface area (Å²) in [7, 11) is -6.22. The number of nitro benzene ring substituents is 2. The second-order valence-corrected chi connectivity index (χ2v) is 35.6. The van der Waals surface area contributed by atoms with Crippen LogP contribution < -0.4 is 59.8 Å². The van der Waals surface area contributed by atoms with Crippen molar-refractivity contribution in [3.8, 4) is 39.9 Å². The van der Waals surface area contributed by atoms with E-state index in [1.165, 1.54) is 81.2 Å². The first-order valence-electron chi connectivity index (χ1n) is 34.9. The molecule has 630 valence electrons. The molecule has 33 nitrogen and oxygen atoms in total. The van der Waals surface area contributed by atoms with Crippen LogP contribution in [-0.4, -0.2) is 113 Å². The molecule has 122 heavy (non-hydrogen) atoms. The van der Waals surface area contributed by atoms with Crippen LogP contribution in [0.2, 0.25) is 15.1 Å². The molecule has 0 aliphatic carbocycles. The molecular weight excluding hydrogens is 1760 g/mol. The third kappa shape index (κ3) is 19.8. The third-order valence-electron chi connectivity index (χ3n) is 17.7. The molecule has 0 saturated carbocycles. The number of halogens is 4. The minimum absolute atomic E-state index is 0.0150. The highest BCUT2D eigenvalue weighted by Crippen LogP contribution is 2.56. The summed E-state index contributed by atoms with van der Waals surface area (Å²) in [5, 5.41) is 25.9. The lowest BCUT2D eigenvalue weighted by Crippen LogP contribution is -2.19. The Hall–Kier alpha value is -13.1. The number of nitrogens with one attached hydrogen (secondary N) is 4. The van der Waals surface area contributed by atoms with E-state index in [2.05, 4.69) is 43.8 Å². The van der Waals surface area contributed by atoms with Crippen molar-refractivity contribution in [2.24, 2.45) is 0 Å². The number of fused-ring (bicyclic) bond motifs is 9. The summed E-state index contributed by atoms with van der Waals surface area (Å²) in [4.78, 5) is 40.8. The average Bonchev–Trinajstić information content (AvgIpc) is 0.735. The molecule has 12 N–H and O–H groups in total. The van der Waals surface area contributed by atoms with E-state index in [-0.39, 0.29) is 57.9 Å². The first kappa shape index (κ1) is 89.7. The van der Waals surface area contributed by atoms with Gasteiger partial charge in [0.15, 0.2) is 9.79 Å². The van der Waals surface area contributed by atoms with Crippen molar-refractivity contribution in [1.29, 1.82) is 0 Å². The molecule has 0 saturated heterocycles. The van der Waals surface area contributed by atoms with Gasteiger partial charge in [-0.15, -0.1) is 0 Å². The van der Waals surface area contributed by atoms with E-state index in [1.807, 2.05) is 30.3 Å². The Morgan fingerprint density at radius 3 is 1.20 bits per heavy atom. The van der Waals surface area contributed by atoms with Crippen LogP contribution in [0.1, 0.15) is 0 Å². The van der Waals surface area contributed by atoms with Gasteiger partial charge in [-0.05, 0) is 127 Å². The van der Waals surface area contributed by atoms with E-state index in [0.29, 0.717) is 83.5 Å². The molecule has 10 aromatic carbocycles. The van der Waals surface area contributed by atoms with E-state index in [4.69, 9.17) is 95.5 Å². The maximum atomic E-state index is 12.7. The molecule has 16 rings (SSSR count). The SMILES string of the molecule is COc1ccnc2c(N)c(Cl)ccc12.COc1ccnc2c(NS(=O)(=O)c3ccccc3N)c(Cl)ccc12.COc1ccnc2c(NS(=O)(=O)c3ccccc3N)cccc12.COc1ccnc2c(NS(=O)(=O)c3ccccc3[N+](=O)[O-])c(Cl)ccc12.COc1ccnc2c3c(ccc12)-c1ccccc1S(=O)(=O)N3.O=[N+]([O-])c1ccccc1S(O)(O)Cl. The van der Waals surface area contributed by atoms with Crippen molar-refractivity contribution in [2.75, 3.05) is 71.6 Å². The van der Waals surface area contributed by atoms with Crippen molar-refractivity contribution in [3.63, 3.8) is 0 Å². The van der Waals surface area contributed by atoms with E-state index in [0.717, 1.165) is 45.7 Å². The Bertz CT molecular complexity index is 7040. The Kier molecular flexibility index (Phi) is 28.0. The van der Waals surface area contributed by atoms with Gasteiger partial charge < -0.3 is 40.9 Å². The molecule has 0 radical (unpaired) electrons. The fourth-order valence-electron chi connectivity index (χ4n) is 12.2. The molecule has 1 aliphatic rings. The number of nitrogens with zero attached hydrogens (tertiary/aromatic N) is 7. The van der Waals surface area contributed by atoms with Crippen LogP contribution in [0.5, 0.6) is 28.7 Å². The second-order valence-electron chi connectivity index (χ2n) is 25.1. The topological polar surface area (TPSA) is 500 Å². The van der Waals surface area contributed by atoms with Gasteiger partial charge in [0, 0.05) is 91.9 Å². The smallest absolute Gasteiger partial charge is 0.293 e. The number of aromatic nitrogens is 5. The number of nitrogens with two attached hydrogens (primary N) is 3. The van der Waals surface area contributed by atoms with Crippen molar-refractivity contribution in [3.05, 3.63) is 285 Å². The van der Waals surface area contributed by atoms with Crippen LogP contribution in [0.15, 0.2) is 274 Å². The van der Waals surface area contributed by atoms with Crippen molar-refractivity contribution < 1.29 is 76.3 Å². The highest BCUT2D eigenvalue weighted by molar-refractivity contribution is 8.43. The summed E-state index contributed by atoms with van der Waals surface area (Å²) < 4.78 is 155. The summed E-state index contributed by atoms with van der Waals surface area (Å²) in [5.41, 5.74) is 22.2. The van der Waals surface area contributed by atoms with Crippen LogP contribution in [0.4, 0.5) is 51.2 Å². The van der Waals surface area contributed by atoms with Gasteiger partial charge in [-0.2, -0.15) is 0 Å². The number of hydrogen-bond donors (Lipinski definition) is 9. The first-order chi connectivity index (χ1) is 58.1. The molecule has 0 unspecified atom stereocenters. The second kappa shape index (κ2) is 38.1. The number of nitrogen functional groups attached to an aromatic ring is 3. The zero-order valence-corrected chi connectivity index (χ0v) is 71.0. The van der Waals surface area contributed by atoms with Crippen molar-refractivity contribution in [1.82, 2.24) is 24.9 Å². The van der Waals surface area contributed by atoms with Crippen LogP contribution in [0, 0.1) is 20.2 Å². The number of pyridine rings is 5. The molecule has 0 amide bonds. The lowest BCUT2D eigenvalue weighted by molar-refractivity contribution is -0.388. The minimum atomic E-state index is -4.28. The zero-order chi connectivity index (χ0) is 88.2. The Balaban J connectivity index is 0.000000145. The van der Waals surface area contributed by atoms with Gasteiger partial charge in [0.1, 0.15) is 38.5 Å². The van der Waals surface area contributed by atoms with Gasteiger partial charge in [0.2, 0.25) is 0 Å². The summed E-state index contributed by atoms with van der Waals surface area (Å²) >= 11 is 18.2. The lowest BCUT2D eigenvalue weighted by atomic mass is 10.0. The van der Waals surface area contributed by atoms with E-state index >= 15 is 0 Å². The monoisotopic (exact) mass is 1830 g/mol. The highest BCUT2D eigenvalue weighted by Gasteiger charge is 2.32. The number of anilines is 7. The van der Waals surface area contributed by atoms with Gasteiger partial charge >= 0.3 is 0 Å². The molecule has 6 heterocycles. The Morgan fingerprint density at radius 2 is 0.746 bits per heavy atom. The first-order valence-corrected chi connectivity index (χ1v) is 44.3. The Labute approximate surface area is 717 Å². The van der Waals surface area contributed by atoms with Crippen LogP contribution in [-0.2, 0) is 40.1 Å². The molecule has 42 heteroatoms. The molecule has 0 bridgehead atoms. The van der Waals surface area contributed by atoms with E-state index < -0.39 is 76.0 Å². The predicted octanol–water partition coefficient (Wildman–Crippen LogP) is 17.9. The molecule has 1 aliphatic heterocycles.